The summed E-state index contributed by atoms with van der Waals surface area (Å²) in [7, 11) is -1.64. The smallest absolute Gasteiger partial charge is 0.0928 e. The summed E-state index contributed by atoms with van der Waals surface area (Å²) >= 11 is 3.53. The molecule has 0 unspecified atom stereocenters. The normalized spacial score (nSPS) is 11.6. The lowest BCUT2D eigenvalue weighted by Crippen LogP contribution is -2.33. The van der Waals surface area contributed by atoms with E-state index in [4.69, 9.17) is 0 Å². The molecule has 0 saturated heterocycles. The lowest BCUT2D eigenvalue weighted by atomic mass is 10.1. The van der Waals surface area contributed by atoms with E-state index in [-0.39, 0.29) is 0 Å². The minimum Gasteiger partial charge on any atom is -0.0928 e. The monoisotopic (exact) mass is 537 g/mol. The van der Waals surface area contributed by atoms with Gasteiger partial charge in [-0.25, -0.2) is 0 Å². The zero-order valence-corrected chi connectivity index (χ0v) is 23.4. The number of rotatable bonds is 17. The van der Waals surface area contributed by atoms with Gasteiger partial charge in [-0.05, 0) is 55.7 Å². The standard InChI is InChI=1S/C32H43BrP/c33-28-20-9-7-5-3-1-2-4-6-8-10-21-29-34(30-22-14-11-15-23-30,31-24-16-12-17-25-31)32-26-18-13-19-27-32/h11-19,22-27H,1-10,20-21,28-29H2/q+1. The van der Waals surface area contributed by atoms with Crippen molar-refractivity contribution in [3.8, 4) is 0 Å². The van der Waals surface area contributed by atoms with E-state index in [1.165, 1.54) is 99.1 Å². The Labute approximate surface area is 218 Å². The summed E-state index contributed by atoms with van der Waals surface area (Å²) in [6.07, 6.45) is 18.0. The Morgan fingerprint density at radius 2 is 0.676 bits per heavy atom. The third kappa shape index (κ3) is 8.35. The van der Waals surface area contributed by atoms with Gasteiger partial charge in [-0.15, -0.1) is 0 Å². The summed E-state index contributed by atoms with van der Waals surface area (Å²) < 4.78 is 0. The van der Waals surface area contributed by atoms with Gasteiger partial charge in [-0.1, -0.05) is 128 Å². The van der Waals surface area contributed by atoms with E-state index in [2.05, 4.69) is 107 Å². The summed E-state index contributed by atoms with van der Waals surface area (Å²) in [4.78, 5) is 0. The third-order valence-corrected chi connectivity index (χ3v) is 12.1. The van der Waals surface area contributed by atoms with Gasteiger partial charge in [0.15, 0.2) is 0 Å². The average Bonchev–Trinajstić information content (AvgIpc) is 2.91. The quantitative estimate of drug-likeness (QED) is 0.0914. The number of benzene rings is 3. The molecule has 0 aliphatic heterocycles. The summed E-state index contributed by atoms with van der Waals surface area (Å²) in [6, 6.07) is 34.0. The lowest BCUT2D eigenvalue weighted by Gasteiger charge is -2.27. The maximum Gasteiger partial charge on any atom is 0.112 e. The molecule has 0 aliphatic carbocycles. The Bertz CT molecular complexity index is 782. The van der Waals surface area contributed by atoms with Crippen molar-refractivity contribution >= 4 is 39.1 Å². The molecule has 0 spiro atoms. The summed E-state index contributed by atoms with van der Waals surface area (Å²) in [5.74, 6) is 0. The molecule has 3 aromatic carbocycles. The predicted molar refractivity (Wildman–Crippen MR) is 159 cm³/mol. The third-order valence-electron chi connectivity index (χ3n) is 6.97. The van der Waals surface area contributed by atoms with Crippen LogP contribution in [0.5, 0.6) is 0 Å². The molecular formula is C32H43BrP+. The molecule has 0 heterocycles. The lowest BCUT2D eigenvalue weighted by molar-refractivity contribution is 0.549. The molecule has 34 heavy (non-hydrogen) atoms. The van der Waals surface area contributed by atoms with Crippen molar-refractivity contribution in [3.05, 3.63) is 91.0 Å². The van der Waals surface area contributed by atoms with E-state index in [1.807, 2.05) is 0 Å². The number of unbranched alkanes of at least 4 members (excludes halogenated alkanes) is 11. The predicted octanol–water partition coefficient (Wildman–Crippen LogP) is 9.06. The van der Waals surface area contributed by atoms with Crippen LogP contribution in [-0.4, -0.2) is 11.5 Å². The van der Waals surface area contributed by atoms with Crippen LogP contribution >= 0.6 is 23.2 Å². The van der Waals surface area contributed by atoms with E-state index in [0.717, 1.165) is 5.33 Å². The SMILES string of the molecule is BrCCCCCCCCCCCCCC[P+](c1ccccc1)(c1ccccc1)c1ccccc1. The molecule has 0 atom stereocenters. The molecule has 0 nitrogen and oxygen atoms in total. The van der Waals surface area contributed by atoms with Crippen LogP contribution in [0.4, 0.5) is 0 Å². The van der Waals surface area contributed by atoms with Gasteiger partial charge in [0, 0.05) is 5.33 Å². The number of halogens is 1. The molecule has 182 valence electrons. The molecule has 0 aliphatic rings. The van der Waals surface area contributed by atoms with Crippen molar-refractivity contribution in [3.63, 3.8) is 0 Å². The fraction of sp³-hybridized carbons (Fsp3) is 0.438. The zero-order valence-electron chi connectivity index (χ0n) is 20.9. The van der Waals surface area contributed by atoms with Crippen molar-refractivity contribution in [2.45, 2.75) is 77.0 Å². The maximum absolute atomic E-state index is 3.53. The van der Waals surface area contributed by atoms with Crippen LogP contribution in [0, 0.1) is 0 Å². The van der Waals surface area contributed by atoms with Gasteiger partial charge in [-0.3, -0.25) is 0 Å². The molecule has 3 rings (SSSR count). The van der Waals surface area contributed by atoms with Crippen LogP contribution in [0.3, 0.4) is 0 Å². The van der Waals surface area contributed by atoms with Crippen LogP contribution in [0.1, 0.15) is 77.0 Å². The first-order chi connectivity index (χ1) is 16.9. The Morgan fingerprint density at radius 1 is 0.382 bits per heavy atom. The second kappa shape index (κ2) is 16.3. The molecule has 0 fully saturated rings. The van der Waals surface area contributed by atoms with Gasteiger partial charge in [-0.2, -0.15) is 0 Å². The first-order valence-corrected chi connectivity index (χ1v) is 16.6. The molecule has 2 heteroatoms. The van der Waals surface area contributed by atoms with Gasteiger partial charge >= 0.3 is 0 Å². The van der Waals surface area contributed by atoms with E-state index >= 15 is 0 Å². The molecular weight excluding hydrogens is 495 g/mol. The average molecular weight is 539 g/mol. The molecule has 3 aromatic rings. The van der Waals surface area contributed by atoms with E-state index in [0.29, 0.717) is 0 Å². The van der Waals surface area contributed by atoms with Crippen LogP contribution in [0.2, 0.25) is 0 Å². The highest BCUT2D eigenvalue weighted by Gasteiger charge is 2.44. The van der Waals surface area contributed by atoms with Crippen molar-refractivity contribution in [1.29, 1.82) is 0 Å². The van der Waals surface area contributed by atoms with Gasteiger partial charge in [0.25, 0.3) is 0 Å². The van der Waals surface area contributed by atoms with Crippen molar-refractivity contribution in [1.82, 2.24) is 0 Å². The number of hydrogen-bond donors (Lipinski definition) is 0. The summed E-state index contributed by atoms with van der Waals surface area (Å²) in [6.45, 7) is 0. The van der Waals surface area contributed by atoms with E-state index < -0.39 is 7.26 Å². The zero-order chi connectivity index (χ0) is 23.7. The second-order valence-electron chi connectivity index (χ2n) is 9.47. The Morgan fingerprint density at radius 3 is 1.00 bits per heavy atom. The summed E-state index contributed by atoms with van der Waals surface area (Å²) in [5.41, 5.74) is 0. The number of alkyl halides is 1. The minimum absolute atomic E-state index is 1.16. The molecule has 0 amide bonds. The Balaban J connectivity index is 1.54. The maximum atomic E-state index is 3.53. The molecule has 0 N–H and O–H groups in total. The molecule has 0 saturated carbocycles. The fourth-order valence-corrected chi connectivity index (χ4v) is 9.90. The first kappa shape index (κ1) is 27.2. The Kier molecular flexibility index (Phi) is 13.0. The van der Waals surface area contributed by atoms with Crippen LogP contribution in [0.15, 0.2) is 91.0 Å². The highest BCUT2D eigenvalue weighted by Crippen LogP contribution is 2.55. The largest absolute Gasteiger partial charge is 0.112 e. The van der Waals surface area contributed by atoms with Crippen molar-refractivity contribution in [2.75, 3.05) is 11.5 Å². The van der Waals surface area contributed by atoms with Crippen LogP contribution < -0.4 is 15.9 Å². The number of hydrogen-bond acceptors (Lipinski definition) is 0. The highest BCUT2D eigenvalue weighted by atomic mass is 79.9. The van der Waals surface area contributed by atoms with E-state index in [9.17, 15) is 0 Å². The summed E-state index contributed by atoms with van der Waals surface area (Å²) in [5, 5.41) is 5.72. The first-order valence-electron chi connectivity index (χ1n) is 13.5. The highest BCUT2D eigenvalue weighted by molar-refractivity contribution is 9.09. The molecule has 0 aromatic heterocycles. The van der Waals surface area contributed by atoms with Crippen LogP contribution in [-0.2, 0) is 0 Å². The minimum atomic E-state index is -1.64. The Hall–Kier alpha value is -1.43. The van der Waals surface area contributed by atoms with Gasteiger partial charge in [0.2, 0.25) is 0 Å². The second-order valence-corrected chi connectivity index (χ2v) is 13.9. The topological polar surface area (TPSA) is 0 Å². The van der Waals surface area contributed by atoms with Crippen LogP contribution in [0.25, 0.3) is 0 Å². The van der Waals surface area contributed by atoms with E-state index in [1.54, 1.807) is 0 Å². The van der Waals surface area contributed by atoms with Gasteiger partial charge in [0.1, 0.15) is 23.2 Å². The van der Waals surface area contributed by atoms with Gasteiger partial charge in [0.05, 0.1) is 6.16 Å². The molecule has 0 radical (unpaired) electrons. The fourth-order valence-electron chi connectivity index (χ4n) is 5.09. The van der Waals surface area contributed by atoms with Crippen molar-refractivity contribution in [2.24, 2.45) is 0 Å². The van der Waals surface area contributed by atoms with Crippen molar-refractivity contribution < 1.29 is 0 Å². The van der Waals surface area contributed by atoms with Gasteiger partial charge < -0.3 is 0 Å². The molecule has 0 bridgehead atoms.